The third kappa shape index (κ3) is 2.87. The number of anilines is 1. The number of methoxy groups -OCH3 is 1. The molecule has 1 aliphatic rings. The summed E-state index contributed by atoms with van der Waals surface area (Å²) in [5.74, 6) is -0.731. The Morgan fingerprint density at radius 3 is 2.68 bits per heavy atom. The SMILES string of the molecule is COC(=O)C[C@H]1CNN(c2nc(C)cc(C)n2)C1=O. The Kier molecular flexibility index (Phi) is 3.75. The van der Waals surface area contributed by atoms with Crippen LogP contribution in [0.15, 0.2) is 6.07 Å². The third-order valence-corrected chi connectivity index (χ3v) is 2.88. The van der Waals surface area contributed by atoms with Crippen molar-refractivity contribution in [1.29, 1.82) is 0 Å². The van der Waals surface area contributed by atoms with Crippen molar-refractivity contribution in [2.24, 2.45) is 5.92 Å². The van der Waals surface area contributed by atoms with Crippen LogP contribution in [0, 0.1) is 19.8 Å². The fourth-order valence-corrected chi connectivity index (χ4v) is 1.97. The van der Waals surface area contributed by atoms with Gasteiger partial charge in [0.15, 0.2) is 0 Å². The van der Waals surface area contributed by atoms with Crippen LogP contribution in [0.2, 0.25) is 0 Å². The van der Waals surface area contributed by atoms with Gasteiger partial charge in [-0.05, 0) is 19.9 Å². The lowest BCUT2D eigenvalue weighted by Crippen LogP contribution is -2.36. The Bertz CT molecular complexity index is 497. The maximum Gasteiger partial charge on any atom is 0.306 e. The largest absolute Gasteiger partial charge is 0.469 e. The first-order valence-corrected chi connectivity index (χ1v) is 5.98. The molecule has 7 nitrogen and oxygen atoms in total. The molecule has 1 N–H and O–H groups in total. The number of hydrogen-bond acceptors (Lipinski definition) is 6. The number of nitrogens with one attached hydrogen (secondary N) is 1. The van der Waals surface area contributed by atoms with E-state index in [4.69, 9.17) is 0 Å². The maximum absolute atomic E-state index is 12.2. The molecule has 1 atom stereocenters. The van der Waals surface area contributed by atoms with E-state index in [2.05, 4.69) is 20.1 Å². The van der Waals surface area contributed by atoms with E-state index in [1.54, 1.807) is 0 Å². The smallest absolute Gasteiger partial charge is 0.306 e. The minimum atomic E-state index is -0.433. The van der Waals surface area contributed by atoms with Crippen molar-refractivity contribution in [3.63, 3.8) is 0 Å². The molecule has 19 heavy (non-hydrogen) atoms. The quantitative estimate of drug-likeness (QED) is 0.781. The lowest BCUT2D eigenvalue weighted by Gasteiger charge is -2.14. The highest BCUT2D eigenvalue weighted by Crippen LogP contribution is 2.18. The van der Waals surface area contributed by atoms with Crippen molar-refractivity contribution in [3.8, 4) is 0 Å². The summed E-state index contributed by atoms with van der Waals surface area (Å²) in [6.45, 7) is 4.06. The molecule has 1 aromatic rings. The molecule has 0 radical (unpaired) electrons. The molecule has 1 saturated heterocycles. The van der Waals surface area contributed by atoms with Gasteiger partial charge < -0.3 is 4.74 Å². The average molecular weight is 264 g/mol. The molecule has 102 valence electrons. The minimum absolute atomic E-state index is 0.0592. The van der Waals surface area contributed by atoms with Crippen LogP contribution in [0.5, 0.6) is 0 Å². The number of hydrazine groups is 1. The van der Waals surface area contributed by atoms with E-state index in [-0.39, 0.29) is 12.3 Å². The van der Waals surface area contributed by atoms with E-state index in [0.29, 0.717) is 12.5 Å². The topological polar surface area (TPSA) is 84.4 Å². The Labute approximate surface area is 111 Å². The zero-order valence-corrected chi connectivity index (χ0v) is 11.1. The Hall–Kier alpha value is -2.02. The number of nitrogens with zero attached hydrogens (tertiary/aromatic N) is 3. The van der Waals surface area contributed by atoms with Gasteiger partial charge in [-0.2, -0.15) is 0 Å². The fourth-order valence-electron chi connectivity index (χ4n) is 1.97. The van der Waals surface area contributed by atoms with Crippen LogP contribution in [0.4, 0.5) is 5.95 Å². The number of rotatable bonds is 3. The van der Waals surface area contributed by atoms with E-state index in [1.807, 2.05) is 19.9 Å². The van der Waals surface area contributed by atoms with Gasteiger partial charge in [-0.3, -0.25) is 9.59 Å². The van der Waals surface area contributed by atoms with E-state index in [0.717, 1.165) is 11.4 Å². The zero-order chi connectivity index (χ0) is 14.0. The summed E-state index contributed by atoms with van der Waals surface area (Å²) < 4.78 is 4.57. The van der Waals surface area contributed by atoms with Crippen molar-refractivity contribution >= 4 is 17.8 Å². The van der Waals surface area contributed by atoms with Crippen molar-refractivity contribution in [3.05, 3.63) is 17.5 Å². The highest BCUT2D eigenvalue weighted by Gasteiger charge is 2.35. The standard InChI is InChI=1S/C12H16N4O3/c1-7-4-8(2)15-12(14-7)16-11(18)9(6-13-16)5-10(17)19-3/h4,9,13H,5-6H2,1-3H3/t9-/m0/s1. The van der Waals surface area contributed by atoms with Gasteiger partial charge in [0.05, 0.1) is 19.4 Å². The number of ether oxygens (including phenoxy) is 1. The number of carbonyl (C=O) groups is 2. The first kappa shape index (κ1) is 13.4. The van der Waals surface area contributed by atoms with Crippen LogP contribution in [0.1, 0.15) is 17.8 Å². The van der Waals surface area contributed by atoms with Gasteiger partial charge >= 0.3 is 5.97 Å². The molecule has 1 fully saturated rings. The van der Waals surface area contributed by atoms with Crippen LogP contribution in [0.25, 0.3) is 0 Å². The number of aromatic nitrogens is 2. The second kappa shape index (κ2) is 5.31. The van der Waals surface area contributed by atoms with Gasteiger partial charge in [-0.25, -0.2) is 20.4 Å². The molecule has 0 unspecified atom stereocenters. The van der Waals surface area contributed by atoms with Gasteiger partial charge in [0.2, 0.25) is 11.9 Å². The molecule has 1 aromatic heterocycles. The summed E-state index contributed by atoms with van der Waals surface area (Å²) in [4.78, 5) is 31.8. The number of amides is 1. The van der Waals surface area contributed by atoms with Crippen LogP contribution in [-0.4, -0.2) is 35.5 Å². The minimum Gasteiger partial charge on any atom is -0.469 e. The van der Waals surface area contributed by atoms with Gasteiger partial charge in [0.25, 0.3) is 0 Å². The zero-order valence-electron chi connectivity index (χ0n) is 11.1. The highest BCUT2D eigenvalue weighted by molar-refractivity contribution is 5.96. The van der Waals surface area contributed by atoms with Crippen molar-refractivity contribution in [1.82, 2.24) is 15.4 Å². The summed E-state index contributed by atoms with van der Waals surface area (Å²) in [6.07, 6.45) is 0.0592. The van der Waals surface area contributed by atoms with E-state index >= 15 is 0 Å². The first-order valence-electron chi connectivity index (χ1n) is 5.98. The summed E-state index contributed by atoms with van der Waals surface area (Å²) >= 11 is 0. The molecule has 2 heterocycles. The Morgan fingerprint density at radius 1 is 1.47 bits per heavy atom. The van der Waals surface area contributed by atoms with Crippen molar-refractivity contribution in [2.75, 3.05) is 18.7 Å². The molecule has 0 bridgehead atoms. The van der Waals surface area contributed by atoms with Crippen molar-refractivity contribution in [2.45, 2.75) is 20.3 Å². The lowest BCUT2D eigenvalue weighted by molar-refractivity contribution is -0.143. The Balaban J connectivity index is 2.15. The van der Waals surface area contributed by atoms with E-state index in [9.17, 15) is 9.59 Å². The Morgan fingerprint density at radius 2 is 2.11 bits per heavy atom. The van der Waals surface area contributed by atoms with E-state index < -0.39 is 11.9 Å². The summed E-state index contributed by atoms with van der Waals surface area (Å²) in [6, 6.07) is 1.83. The summed E-state index contributed by atoms with van der Waals surface area (Å²) in [7, 11) is 1.31. The normalized spacial score (nSPS) is 18.8. The monoisotopic (exact) mass is 264 g/mol. The number of carbonyl (C=O) groups excluding carboxylic acids is 2. The fraction of sp³-hybridized carbons (Fsp3) is 0.500. The predicted molar refractivity (Wildman–Crippen MR) is 67.1 cm³/mol. The van der Waals surface area contributed by atoms with Gasteiger partial charge in [-0.1, -0.05) is 0 Å². The third-order valence-electron chi connectivity index (χ3n) is 2.88. The number of aryl methyl sites for hydroxylation is 2. The van der Waals surface area contributed by atoms with E-state index in [1.165, 1.54) is 12.1 Å². The average Bonchev–Trinajstić information content (AvgIpc) is 2.69. The van der Waals surface area contributed by atoms with Gasteiger partial charge in [0.1, 0.15) is 0 Å². The molecule has 1 amide bonds. The lowest BCUT2D eigenvalue weighted by atomic mass is 10.1. The molecule has 7 heteroatoms. The first-order chi connectivity index (χ1) is 9.01. The number of hydrogen-bond donors (Lipinski definition) is 1. The molecule has 0 spiro atoms. The van der Waals surface area contributed by atoms with Crippen LogP contribution in [0.3, 0.4) is 0 Å². The summed E-state index contributed by atoms with van der Waals surface area (Å²) in [5.41, 5.74) is 4.48. The molecule has 0 saturated carbocycles. The second-order valence-corrected chi connectivity index (χ2v) is 4.46. The van der Waals surface area contributed by atoms with Crippen LogP contribution < -0.4 is 10.4 Å². The predicted octanol–water partition coefficient (Wildman–Crippen LogP) is 0.124. The van der Waals surface area contributed by atoms with Gasteiger partial charge in [0, 0.05) is 17.9 Å². The molecule has 0 aliphatic carbocycles. The number of esters is 1. The molecule has 2 rings (SSSR count). The molecular formula is C12H16N4O3. The van der Waals surface area contributed by atoms with Gasteiger partial charge in [-0.15, -0.1) is 0 Å². The van der Waals surface area contributed by atoms with Crippen molar-refractivity contribution < 1.29 is 14.3 Å². The second-order valence-electron chi connectivity index (χ2n) is 4.46. The molecule has 1 aliphatic heterocycles. The molecule has 0 aromatic carbocycles. The van der Waals surface area contributed by atoms with Crippen LogP contribution >= 0.6 is 0 Å². The maximum atomic E-state index is 12.2. The molecular weight excluding hydrogens is 248 g/mol. The highest BCUT2D eigenvalue weighted by atomic mass is 16.5. The van der Waals surface area contributed by atoms with Crippen LogP contribution in [-0.2, 0) is 14.3 Å². The summed E-state index contributed by atoms with van der Waals surface area (Å²) in [5, 5.41) is 1.30.